The quantitative estimate of drug-likeness (QED) is 0.301. The van der Waals surface area contributed by atoms with E-state index in [1.807, 2.05) is 0 Å². The van der Waals surface area contributed by atoms with Crippen LogP contribution in [0.5, 0.6) is 0 Å². The maximum atomic E-state index is 13.7. The summed E-state index contributed by atoms with van der Waals surface area (Å²) in [6.45, 7) is 0. The lowest BCUT2D eigenvalue weighted by Crippen LogP contribution is -2.11. The van der Waals surface area contributed by atoms with Crippen LogP contribution in [0.2, 0.25) is 0 Å². The van der Waals surface area contributed by atoms with E-state index in [4.69, 9.17) is 5.14 Å². The van der Waals surface area contributed by atoms with Crippen LogP contribution in [0.3, 0.4) is 0 Å². The topological polar surface area (TPSA) is 73.1 Å². The van der Waals surface area contributed by atoms with E-state index in [9.17, 15) is 34.8 Å². The van der Waals surface area contributed by atoms with Crippen molar-refractivity contribution < 1.29 is 34.8 Å². The van der Waals surface area contributed by atoms with Crippen molar-refractivity contribution in [1.82, 2.24) is 4.98 Å². The van der Waals surface area contributed by atoms with Crippen LogP contribution < -0.4 is 5.14 Å². The Labute approximate surface area is 202 Å². The molecule has 0 amide bonds. The molecule has 0 aliphatic heterocycles. The molecule has 1 heterocycles. The standard InChI is InChI=1S/C25H16F6N2O2S/c26-24(27,28)19-9-7-15(8-10-19)22-13-20(25(29,30)31)14-23(33-22)18-5-1-3-16(11-18)17-4-2-6-21(12-17)36(32,34)35/h1-14H,(H2,32,34,35). The monoisotopic (exact) mass is 522 g/mol. The number of benzene rings is 3. The van der Waals surface area contributed by atoms with E-state index in [2.05, 4.69) is 4.98 Å². The predicted octanol–water partition coefficient (Wildman–Crippen LogP) is 6.77. The fraction of sp³-hybridized carbons (Fsp3) is 0.0800. The van der Waals surface area contributed by atoms with E-state index >= 15 is 0 Å². The molecule has 186 valence electrons. The van der Waals surface area contributed by atoms with E-state index in [-0.39, 0.29) is 27.4 Å². The van der Waals surface area contributed by atoms with Crippen molar-refractivity contribution in [1.29, 1.82) is 0 Å². The molecule has 0 saturated heterocycles. The molecule has 3 aromatic carbocycles. The first-order chi connectivity index (χ1) is 16.7. The Morgan fingerprint density at radius 1 is 0.583 bits per heavy atom. The Morgan fingerprint density at radius 3 is 1.64 bits per heavy atom. The van der Waals surface area contributed by atoms with Gasteiger partial charge in [-0.15, -0.1) is 0 Å². The van der Waals surface area contributed by atoms with Crippen molar-refractivity contribution in [3.63, 3.8) is 0 Å². The summed E-state index contributed by atoms with van der Waals surface area (Å²) in [4.78, 5) is 4.14. The zero-order valence-corrected chi connectivity index (χ0v) is 18.9. The van der Waals surface area contributed by atoms with Crippen LogP contribution in [0.4, 0.5) is 26.3 Å². The minimum Gasteiger partial charge on any atom is -0.248 e. The van der Waals surface area contributed by atoms with Crippen LogP contribution in [-0.2, 0) is 22.4 Å². The van der Waals surface area contributed by atoms with Gasteiger partial charge in [0.05, 0.1) is 27.4 Å². The highest BCUT2D eigenvalue weighted by atomic mass is 32.2. The summed E-state index contributed by atoms with van der Waals surface area (Å²) in [5, 5.41) is 5.18. The first-order valence-corrected chi connectivity index (χ1v) is 11.8. The van der Waals surface area contributed by atoms with E-state index in [0.29, 0.717) is 11.1 Å². The number of hydrogen-bond acceptors (Lipinski definition) is 3. The first kappa shape index (κ1) is 25.4. The van der Waals surface area contributed by atoms with Gasteiger partial charge in [0.25, 0.3) is 0 Å². The predicted molar refractivity (Wildman–Crippen MR) is 122 cm³/mol. The number of pyridine rings is 1. The van der Waals surface area contributed by atoms with Crippen LogP contribution in [0.15, 0.2) is 89.8 Å². The smallest absolute Gasteiger partial charge is 0.248 e. The van der Waals surface area contributed by atoms with Crippen molar-refractivity contribution >= 4 is 10.0 Å². The fourth-order valence-electron chi connectivity index (χ4n) is 3.53. The molecular formula is C25H16F6N2O2S. The molecule has 0 bridgehead atoms. The molecule has 4 nitrogen and oxygen atoms in total. The number of nitrogens with zero attached hydrogens (tertiary/aromatic N) is 1. The highest BCUT2D eigenvalue weighted by molar-refractivity contribution is 7.89. The molecule has 0 spiro atoms. The number of aromatic nitrogens is 1. The molecule has 4 rings (SSSR count). The number of alkyl halides is 6. The number of nitrogens with two attached hydrogens (primary N) is 1. The van der Waals surface area contributed by atoms with Gasteiger partial charge >= 0.3 is 12.4 Å². The van der Waals surface area contributed by atoms with E-state index < -0.39 is 33.5 Å². The summed E-state index contributed by atoms with van der Waals surface area (Å²) in [6, 6.07) is 17.3. The van der Waals surface area contributed by atoms with Gasteiger partial charge in [-0.05, 0) is 53.6 Å². The molecule has 11 heteroatoms. The number of primary sulfonamides is 1. The average Bonchev–Trinajstić information content (AvgIpc) is 2.82. The van der Waals surface area contributed by atoms with Crippen molar-refractivity contribution in [3.8, 4) is 33.6 Å². The van der Waals surface area contributed by atoms with Crippen LogP contribution in [0.25, 0.3) is 33.6 Å². The lowest BCUT2D eigenvalue weighted by molar-refractivity contribution is -0.138. The molecule has 2 N–H and O–H groups in total. The molecular weight excluding hydrogens is 506 g/mol. The van der Waals surface area contributed by atoms with Gasteiger partial charge in [0.2, 0.25) is 10.0 Å². The normalized spacial score (nSPS) is 12.5. The molecule has 0 aliphatic rings. The van der Waals surface area contributed by atoms with Crippen LogP contribution >= 0.6 is 0 Å². The summed E-state index contributed by atoms with van der Waals surface area (Å²) in [5.41, 5.74) is -0.872. The van der Waals surface area contributed by atoms with Gasteiger partial charge in [-0.2, -0.15) is 26.3 Å². The average molecular weight is 522 g/mol. The van der Waals surface area contributed by atoms with Crippen molar-refractivity contribution in [2.75, 3.05) is 0 Å². The van der Waals surface area contributed by atoms with Crippen LogP contribution in [0, 0.1) is 0 Å². The second-order valence-corrected chi connectivity index (χ2v) is 9.41. The Morgan fingerprint density at radius 2 is 1.08 bits per heavy atom. The first-order valence-electron chi connectivity index (χ1n) is 10.2. The second kappa shape index (κ2) is 9.07. The SMILES string of the molecule is NS(=O)(=O)c1cccc(-c2cccc(-c3cc(C(F)(F)F)cc(-c4ccc(C(F)(F)F)cc4)n3)c2)c1. The minimum absolute atomic E-state index is 0.0656. The second-order valence-electron chi connectivity index (χ2n) is 7.85. The third-order valence-corrected chi connectivity index (χ3v) is 6.23. The molecule has 0 fully saturated rings. The number of hydrogen-bond donors (Lipinski definition) is 1. The van der Waals surface area contributed by atoms with Gasteiger partial charge in [0.15, 0.2) is 0 Å². The van der Waals surface area contributed by atoms with Crippen molar-refractivity contribution in [2.24, 2.45) is 5.14 Å². The molecule has 0 atom stereocenters. The number of halogens is 6. The summed E-state index contributed by atoms with van der Waals surface area (Å²) in [5.74, 6) is 0. The zero-order chi connectivity index (χ0) is 26.3. The summed E-state index contributed by atoms with van der Waals surface area (Å²) < 4.78 is 103. The molecule has 0 saturated carbocycles. The van der Waals surface area contributed by atoms with Gasteiger partial charge in [0.1, 0.15) is 0 Å². The van der Waals surface area contributed by atoms with Gasteiger partial charge in [-0.1, -0.05) is 42.5 Å². The van der Waals surface area contributed by atoms with E-state index in [0.717, 1.165) is 36.4 Å². The van der Waals surface area contributed by atoms with Crippen molar-refractivity contribution in [2.45, 2.75) is 17.2 Å². The highest BCUT2D eigenvalue weighted by Crippen LogP contribution is 2.36. The van der Waals surface area contributed by atoms with Gasteiger partial charge in [-0.25, -0.2) is 18.5 Å². The lowest BCUT2D eigenvalue weighted by Gasteiger charge is -2.13. The lowest BCUT2D eigenvalue weighted by atomic mass is 9.99. The zero-order valence-electron chi connectivity index (χ0n) is 18.1. The third-order valence-electron chi connectivity index (χ3n) is 5.31. The fourth-order valence-corrected chi connectivity index (χ4v) is 4.09. The maximum Gasteiger partial charge on any atom is 0.416 e. The third kappa shape index (κ3) is 5.58. The maximum absolute atomic E-state index is 13.7. The summed E-state index contributed by atoms with van der Waals surface area (Å²) in [7, 11) is -3.97. The van der Waals surface area contributed by atoms with Crippen LogP contribution in [-0.4, -0.2) is 13.4 Å². The molecule has 0 radical (unpaired) electrons. The molecule has 0 aliphatic carbocycles. The molecule has 1 aromatic heterocycles. The molecule has 4 aromatic rings. The Balaban J connectivity index is 1.82. The van der Waals surface area contributed by atoms with Gasteiger partial charge < -0.3 is 0 Å². The minimum atomic E-state index is -4.74. The van der Waals surface area contributed by atoms with Gasteiger partial charge in [0, 0.05) is 11.1 Å². The Bertz CT molecular complexity index is 1530. The molecule has 36 heavy (non-hydrogen) atoms. The number of sulfonamides is 1. The largest absolute Gasteiger partial charge is 0.416 e. The van der Waals surface area contributed by atoms with E-state index in [1.165, 1.54) is 30.3 Å². The van der Waals surface area contributed by atoms with Gasteiger partial charge in [-0.3, -0.25) is 0 Å². The Hall–Kier alpha value is -3.70. The summed E-state index contributed by atoms with van der Waals surface area (Å²) in [6.07, 6.45) is -9.33. The highest BCUT2D eigenvalue weighted by Gasteiger charge is 2.33. The van der Waals surface area contributed by atoms with Crippen LogP contribution in [0.1, 0.15) is 11.1 Å². The number of rotatable bonds is 4. The van der Waals surface area contributed by atoms with E-state index in [1.54, 1.807) is 18.2 Å². The molecule has 0 unspecified atom stereocenters. The summed E-state index contributed by atoms with van der Waals surface area (Å²) >= 11 is 0. The van der Waals surface area contributed by atoms with Crippen molar-refractivity contribution in [3.05, 3.63) is 96.1 Å². The Kier molecular flexibility index (Phi) is 6.40.